The molecule has 10 heteroatoms. The summed E-state index contributed by atoms with van der Waals surface area (Å²) in [4.78, 5) is 21.2. The van der Waals surface area contributed by atoms with Gasteiger partial charge in [0, 0.05) is 25.6 Å². The number of carbonyl (C=O) groups is 1. The van der Waals surface area contributed by atoms with Crippen molar-refractivity contribution >= 4 is 6.03 Å². The highest BCUT2D eigenvalue weighted by Gasteiger charge is 2.39. The molecule has 2 saturated heterocycles. The number of hydrogen-bond acceptors (Lipinski definition) is 5. The number of nitrogens with zero attached hydrogens (tertiary/aromatic N) is 4. The minimum absolute atomic E-state index is 0.112. The highest BCUT2D eigenvalue weighted by atomic mass is 19.4. The van der Waals surface area contributed by atoms with Crippen molar-refractivity contribution in [1.82, 2.24) is 19.9 Å². The van der Waals surface area contributed by atoms with Gasteiger partial charge in [-0.25, -0.2) is 4.79 Å². The van der Waals surface area contributed by atoms with Crippen molar-refractivity contribution in [2.45, 2.75) is 50.8 Å². The van der Waals surface area contributed by atoms with E-state index in [0.29, 0.717) is 50.9 Å². The summed E-state index contributed by atoms with van der Waals surface area (Å²) in [6.45, 7) is 7.85. The predicted molar refractivity (Wildman–Crippen MR) is 109 cm³/mol. The van der Waals surface area contributed by atoms with Crippen molar-refractivity contribution in [3.8, 4) is 0 Å². The van der Waals surface area contributed by atoms with Gasteiger partial charge in [-0.15, -0.1) is 0 Å². The van der Waals surface area contributed by atoms with Gasteiger partial charge in [-0.05, 0) is 44.9 Å². The molecule has 1 aromatic carbocycles. The van der Waals surface area contributed by atoms with Gasteiger partial charge < -0.3 is 19.1 Å². The first-order valence-electron chi connectivity index (χ1n) is 10.7. The maximum atomic E-state index is 13.4. The molecule has 2 aliphatic heterocycles. The van der Waals surface area contributed by atoms with Crippen LogP contribution in [-0.2, 0) is 10.9 Å². The van der Waals surface area contributed by atoms with Crippen LogP contribution in [0.15, 0.2) is 28.8 Å². The van der Waals surface area contributed by atoms with E-state index in [1.807, 2.05) is 13.8 Å². The Morgan fingerprint density at radius 2 is 1.81 bits per heavy atom. The molecule has 3 heterocycles. The number of aryl methyl sites for hydroxylation is 1. The minimum Gasteiger partial charge on any atom is -0.372 e. The van der Waals surface area contributed by atoms with Crippen LogP contribution in [0.5, 0.6) is 0 Å². The zero-order chi connectivity index (χ0) is 23.1. The monoisotopic (exact) mass is 452 g/mol. The molecule has 2 aliphatic rings. The topological polar surface area (TPSA) is 71.7 Å². The Morgan fingerprint density at radius 3 is 2.41 bits per heavy atom. The van der Waals surface area contributed by atoms with Crippen molar-refractivity contribution in [1.29, 1.82) is 0 Å². The lowest BCUT2D eigenvalue weighted by atomic mass is 9.84. The third-order valence-corrected chi connectivity index (χ3v) is 6.02. The standard InChI is InChI=1S/C22H27F3N4O3/c1-14-26-19(32-27-14)17-10-16(15-4-6-18(7-5-15)22(23,24)25)11-29(12-17)20(30)28-8-9-31-21(2,3)13-28/h4-7,16-17H,8-13H2,1-3H3. The number of piperidine rings is 1. The first-order chi connectivity index (χ1) is 15.0. The van der Waals surface area contributed by atoms with Gasteiger partial charge in [0.25, 0.3) is 0 Å². The molecule has 0 radical (unpaired) electrons. The van der Waals surface area contributed by atoms with Crippen LogP contribution in [0, 0.1) is 6.92 Å². The molecule has 174 valence electrons. The largest absolute Gasteiger partial charge is 0.416 e. The van der Waals surface area contributed by atoms with Crippen molar-refractivity contribution in [2.24, 2.45) is 0 Å². The molecule has 2 atom stereocenters. The van der Waals surface area contributed by atoms with E-state index in [9.17, 15) is 18.0 Å². The summed E-state index contributed by atoms with van der Waals surface area (Å²) in [5.74, 6) is 0.597. The summed E-state index contributed by atoms with van der Waals surface area (Å²) in [6.07, 6.45) is -3.79. The fourth-order valence-corrected chi connectivity index (χ4v) is 4.48. The Kier molecular flexibility index (Phi) is 5.91. The van der Waals surface area contributed by atoms with Crippen molar-refractivity contribution in [2.75, 3.05) is 32.8 Å². The van der Waals surface area contributed by atoms with Crippen LogP contribution in [-0.4, -0.2) is 64.4 Å². The second kappa shape index (κ2) is 8.38. The van der Waals surface area contributed by atoms with Gasteiger partial charge in [0.2, 0.25) is 5.89 Å². The number of aromatic nitrogens is 2. The Hall–Kier alpha value is -2.62. The van der Waals surface area contributed by atoms with Gasteiger partial charge in [-0.3, -0.25) is 0 Å². The number of alkyl halides is 3. The summed E-state index contributed by atoms with van der Waals surface area (Å²) in [6, 6.07) is 5.06. The van der Waals surface area contributed by atoms with E-state index in [2.05, 4.69) is 10.1 Å². The van der Waals surface area contributed by atoms with E-state index in [4.69, 9.17) is 9.26 Å². The molecule has 0 aliphatic carbocycles. The number of hydrogen-bond donors (Lipinski definition) is 0. The van der Waals surface area contributed by atoms with Crippen LogP contribution in [0.1, 0.15) is 54.9 Å². The number of likely N-dealkylation sites (tertiary alicyclic amines) is 1. The molecule has 2 aromatic rings. The van der Waals surface area contributed by atoms with Crippen molar-refractivity contribution in [3.05, 3.63) is 47.1 Å². The van der Waals surface area contributed by atoms with Crippen LogP contribution in [0.25, 0.3) is 0 Å². The zero-order valence-corrected chi connectivity index (χ0v) is 18.4. The normalized spacial score (nSPS) is 23.9. The zero-order valence-electron chi connectivity index (χ0n) is 18.4. The van der Waals surface area contributed by atoms with Crippen LogP contribution < -0.4 is 0 Å². The predicted octanol–water partition coefficient (Wildman–Crippen LogP) is 4.20. The van der Waals surface area contributed by atoms with E-state index in [-0.39, 0.29) is 17.9 Å². The maximum Gasteiger partial charge on any atom is 0.416 e. The van der Waals surface area contributed by atoms with Gasteiger partial charge in [0.1, 0.15) is 0 Å². The summed E-state index contributed by atoms with van der Waals surface area (Å²) >= 11 is 0. The number of carbonyl (C=O) groups excluding carboxylic acids is 1. The first-order valence-corrected chi connectivity index (χ1v) is 10.7. The maximum absolute atomic E-state index is 13.4. The second-order valence-corrected chi connectivity index (χ2v) is 9.15. The molecule has 4 rings (SSSR count). The van der Waals surface area contributed by atoms with Crippen LogP contribution >= 0.6 is 0 Å². The van der Waals surface area contributed by atoms with Gasteiger partial charge in [-0.2, -0.15) is 18.2 Å². The molecule has 0 bridgehead atoms. The molecule has 2 fully saturated rings. The SMILES string of the molecule is Cc1noc(C2CC(c3ccc(C(F)(F)F)cc3)CN(C(=O)N3CCOC(C)(C)C3)C2)n1. The molecule has 32 heavy (non-hydrogen) atoms. The van der Waals surface area contributed by atoms with Crippen LogP contribution in [0.2, 0.25) is 0 Å². The van der Waals surface area contributed by atoms with Crippen molar-refractivity contribution < 1.29 is 27.2 Å². The van der Waals surface area contributed by atoms with Crippen LogP contribution in [0.3, 0.4) is 0 Å². The van der Waals surface area contributed by atoms with Gasteiger partial charge >= 0.3 is 12.2 Å². The number of urea groups is 1. The van der Waals surface area contributed by atoms with E-state index in [1.54, 1.807) is 16.7 Å². The first kappa shape index (κ1) is 22.6. The van der Waals surface area contributed by atoms with Gasteiger partial charge in [-0.1, -0.05) is 17.3 Å². The third kappa shape index (κ3) is 4.90. The molecular formula is C22H27F3N4O3. The molecular weight excluding hydrogens is 425 g/mol. The lowest BCUT2D eigenvalue weighted by Crippen LogP contribution is -2.56. The Labute approximate surface area is 184 Å². The highest BCUT2D eigenvalue weighted by Crippen LogP contribution is 2.37. The molecule has 2 unspecified atom stereocenters. The minimum atomic E-state index is -4.39. The van der Waals surface area contributed by atoms with Crippen LogP contribution in [0.4, 0.5) is 18.0 Å². The number of morpholine rings is 1. The summed E-state index contributed by atoms with van der Waals surface area (Å²) < 4.78 is 50.1. The van der Waals surface area contributed by atoms with E-state index < -0.39 is 17.3 Å². The lowest BCUT2D eigenvalue weighted by Gasteiger charge is -2.43. The number of benzene rings is 1. The second-order valence-electron chi connectivity index (χ2n) is 9.15. The van der Waals surface area contributed by atoms with Gasteiger partial charge in [0.05, 0.1) is 30.2 Å². The molecule has 0 N–H and O–H groups in total. The number of ether oxygens (including phenoxy) is 1. The van der Waals surface area contributed by atoms with E-state index >= 15 is 0 Å². The van der Waals surface area contributed by atoms with E-state index in [1.165, 1.54) is 12.1 Å². The summed E-state index contributed by atoms with van der Waals surface area (Å²) in [5.41, 5.74) is -0.372. The summed E-state index contributed by atoms with van der Waals surface area (Å²) in [7, 11) is 0. The quantitative estimate of drug-likeness (QED) is 0.683. The average molecular weight is 452 g/mol. The fraction of sp³-hybridized carbons (Fsp3) is 0.591. The molecule has 0 spiro atoms. The Balaban J connectivity index is 1.58. The number of halogens is 3. The molecule has 0 saturated carbocycles. The molecule has 2 amide bonds. The third-order valence-electron chi connectivity index (χ3n) is 6.02. The van der Waals surface area contributed by atoms with Gasteiger partial charge in [0.15, 0.2) is 5.82 Å². The summed E-state index contributed by atoms with van der Waals surface area (Å²) in [5, 5.41) is 3.87. The fourth-order valence-electron chi connectivity index (χ4n) is 4.48. The molecule has 7 nitrogen and oxygen atoms in total. The lowest BCUT2D eigenvalue weighted by molar-refractivity contribution is -0.137. The average Bonchev–Trinajstić information content (AvgIpc) is 3.18. The van der Waals surface area contributed by atoms with E-state index in [0.717, 1.165) is 17.7 Å². The molecule has 1 aromatic heterocycles. The highest BCUT2D eigenvalue weighted by molar-refractivity contribution is 5.75. The smallest absolute Gasteiger partial charge is 0.372 e. The number of amides is 2. The van der Waals surface area contributed by atoms with Crippen molar-refractivity contribution in [3.63, 3.8) is 0 Å². The number of rotatable bonds is 2. The Morgan fingerprint density at radius 1 is 1.12 bits per heavy atom. The Bertz CT molecular complexity index is 958.